The number of aryl methyl sites for hydroxylation is 1. The summed E-state index contributed by atoms with van der Waals surface area (Å²) in [6, 6.07) is 9.24. The predicted octanol–water partition coefficient (Wildman–Crippen LogP) is 1.78. The van der Waals surface area contributed by atoms with E-state index in [1.54, 1.807) is 31.3 Å². The zero-order valence-corrected chi connectivity index (χ0v) is 11.4. The van der Waals surface area contributed by atoms with Crippen LogP contribution in [0.15, 0.2) is 42.6 Å². The third-order valence-corrected chi connectivity index (χ3v) is 2.81. The Kier molecular flexibility index (Phi) is 4.61. The van der Waals surface area contributed by atoms with Crippen molar-refractivity contribution in [2.24, 2.45) is 0 Å². The van der Waals surface area contributed by atoms with Gasteiger partial charge in [0.15, 0.2) is 0 Å². The molecule has 2 aromatic rings. The first-order chi connectivity index (χ1) is 10.1. The van der Waals surface area contributed by atoms with Gasteiger partial charge in [0.2, 0.25) is 0 Å². The van der Waals surface area contributed by atoms with Crippen LogP contribution >= 0.6 is 0 Å². The smallest absolute Gasteiger partial charge is 0.313 e. The first kappa shape index (κ1) is 14.6. The zero-order chi connectivity index (χ0) is 15.2. The number of carbonyl (C=O) groups is 2. The molecule has 0 bridgehead atoms. The fourth-order valence-electron chi connectivity index (χ4n) is 1.66. The molecule has 6 heteroatoms. The van der Waals surface area contributed by atoms with Gasteiger partial charge in [0.25, 0.3) is 0 Å². The second-order valence-corrected chi connectivity index (χ2v) is 4.42. The fraction of sp³-hybridized carbons (Fsp3) is 0.133. The van der Waals surface area contributed by atoms with Gasteiger partial charge in [-0.2, -0.15) is 0 Å². The summed E-state index contributed by atoms with van der Waals surface area (Å²) < 4.78 is 13.1. The van der Waals surface area contributed by atoms with Crippen LogP contribution < -0.4 is 10.6 Å². The molecule has 1 aromatic heterocycles. The average Bonchev–Trinajstić information content (AvgIpc) is 2.49. The van der Waals surface area contributed by atoms with Crippen LogP contribution in [0, 0.1) is 12.7 Å². The number of nitrogens with one attached hydrogen (secondary N) is 2. The number of halogens is 1. The van der Waals surface area contributed by atoms with E-state index in [-0.39, 0.29) is 12.2 Å². The summed E-state index contributed by atoms with van der Waals surface area (Å²) in [7, 11) is 0. The number of nitrogens with zero attached hydrogens (tertiary/aromatic N) is 1. The van der Waals surface area contributed by atoms with E-state index >= 15 is 0 Å². The van der Waals surface area contributed by atoms with E-state index in [0.717, 1.165) is 0 Å². The maximum atomic E-state index is 13.1. The predicted molar refractivity (Wildman–Crippen MR) is 75.9 cm³/mol. The van der Waals surface area contributed by atoms with Gasteiger partial charge >= 0.3 is 11.8 Å². The Balaban J connectivity index is 1.94. The molecule has 2 amide bonds. The van der Waals surface area contributed by atoms with Crippen LogP contribution in [0.25, 0.3) is 0 Å². The highest BCUT2D eigenvalue weighted by molar-refractivity contribution is 6.39. The van der Waals surface area contributed by atoms with E-state index in [2.05, 4.69) is 15.6 Å². The molecular formula is C15H14FN3O2. The molecule has 0 atom stereocenters. The van der Waals surface area contributed by atoms with Gasteiger partial charge in [-0.3, -0.25) is 14.6 Å². The summed E-state index contributed by atoms with van der Waals surface area (Å²) in [6.45, 7) is 1.86. The number of benzene rings is 1. The molecule has 0 saturated carbocycles. The number of amides is 2. The van der Waals surface area contributed by atoms with Gasteiger partial charge in [-0.25, -0.2) is 4.39 Å². The first-order valence-electron chi connectivity index (χ1n) is 6.31. The number of anilines is 1. The molecule has 0 aliphatic heterocycles. The van der Waals surface area contributed by atoms with Crippen LogP contribution in [0.4, 0.5) is 10.1 Å². The Labute approximate surface area is 121 Å². The molecule has 21 heavy (non-hydrogen) atoms. The summed E-state index contributed by atoms with van der Waals surface area (Å²) in [4.78, 5) is 27.4. The molecule has 108 valence electrons. The van der Waals surface area contributed by atoms with Crippen LogP contribution in [0.1, 0.15) is 11.3 Å². The lowest BCUT2D eigenvalue weighted by atomic mass is 10.2. The molecule has 0 fully saturated rings. The summed E-state index contributed by atoms with van der Waals surface area (Å²) in [5.74, 6) is -2.13. The second-order valence-electron chi connectivity index (χ2n) is 4.42. The molecule has 0 saturated heterocycles. The minimum atomic E-state index is -0.848. The van der Waals surface area contributed by atoms with Gasteiger partial charge in [0, 0.05) is 11.9 Å². The molecule has 5 nitrogen and oxygen atoms in total. The van der Waals surface area contributed by atoms with Crippen molar-refractivity contribution in [3.05, 3.63) is 59.7 Å². The van der Waals surface area contributed by atoms with E-state index in [1.165, 1.54) is 18.2 Å². The number of carbonyl (C=O) groups excluding carboxylic acids is 2. The molecule has 0 unspecified atom stereocenters. The van der Waals surface area contributed by atoms with Crippen LogP contribution in [0.5, 0.6) is 0 Å². The normalized spacial score (nSPS) is 10.0. The number of hydrogen-bond acceptors (Lipinski definition) is 3. The molecule has 2 N–H and O–H groups in total. The highest BCUT2D eigenvalue weighted by Gasteiger charge is 2.14. The van der Waals surface area contributed by atoms with Crippen molar-refractivity contribution >= 4 is 17.5 Å². The van der Waals surface area contributed by atoms with Crippen LogP contribution in [-0.2, 0) is 16.1 Å². The Morgan fingerprint density at radius 2 is 2.00 bits per heavy atom. The van der Waals surface area contributed by atoms with E-state index in [4.69, 9.17) is 0 Å². The largest absolute Gasteiger partial charge is 0.342 e. The van der Waals surface area contributed by atoms with Crippen LogP contribution in [0.2, 0.25) is 0 Å². The quantitative estimate of drug-likeness (QED) is 0.845. The van der Waals surface area contributed by atoms with Gasteiger partial charge in [0.1, 0.15) is 5.82 Å². The number of rotatable bonds is 3. The molecule has 0 spiro atoms. The summed E-state index contributed by atoms with van der Waals surface area (Å²) in [6.07, 6.45) is 1.59. The van der Waals surface area contributed by atoms with Crippen molar-refractivity contribution in [1.29, 1.82) is 0 Å². The third kappa shape index (κ3) is 4.10. The van der Waals surface area contributed by atoms with Crippen molar-refractivity contribution < 1.29 is 14.0 Å². The topological polar surface area (TPSA) is 71.1 Å². The van der Waals surface area contributed by atoms with E-state index in [9.17, 15) is 14.0 Å². The van der Waals surface area contributed by atoms with Crippen LogP contribution in [0.3, 0.4) is 0 Å². The lowest BCUT2D eigenvalue weighted by Crippen LogP contribution is -2.35. The maximum Gasteiger partial charge on any atom is 0.313 e. The number of aromatic nitrogens is 1. The van der Waals surface area contributed by atoms with Gasteiger partial charge in [-0.05, 0) is 36.8 Å². The molecule has 2 rings (SSSR count). The molecule has 0 aliphatic carbocycles. The lowest BCUT2D eigenvalue weighted by Gasteiger charge is -2.08. The molecular weight excluding hydrogens is 273 g/mol. The minimum absolute atomic E-state index is 0.148. The Hall–Kier alpha value is -2.76. The highest BCUT2D eigenvalue weighted by Crippen LogP contribution is 2.15. The molecule has 0 radical (unpaired) electrons. The molecule has 1 heterocycles. The Morgan fingerprint density at radius 1 is 1.19 bits per heavy atom. The van der Waals surface area contributed by atoms with Crippen molar-refractivity contribution in [3.63, 3.8) is 0 Å². The van der Waals surface area contributed by atoms with E-state index in [1.807, 2.05) is 0 Å². The number of pyridine rings is 1. The fourth-order valence-corrected chi connectivity index (χ4v) is 1.66. The van der Waals surface area contributed by atoms with Crippen molar-refractivity contribution in [2.45, 2.75) is 13.5 Å². The summed E-state index contributed by atoms with van der Waals surface area (Å²) >= 11 is 0. The summed E-state index contributed by atoms with van der Waals surface area (Å²) in [5, 5.41) is 4.82. The van der Waals surface area contributed by atoms with Crippen molar-refractivity contribution in [2.75, 3.05) is 5.32 Å². The summed E-state index contributed by atoms with van der Waals surface area (Å²) in [5.41, 5.74) is 1.58. The Bertz CT molecular complexity index is 659. The minimum Gasteiger partial charge on any atom is -0.342 e. The standard InChI is InChI=1S/C15H14FN3O2/c1-10-5-6-11(16)8-13(10)19-15(21)14(20)18-9-12-4-2-3-7-17-12/h2-8H,9H2,1H3,(H,18,20)(H,19,21). The lowest BCUT2D eigenvalue weighted by molar-refractivity contribution is -0.136. The monoisotopic (exact) mass is 287 g/mol. The van der Waals surface area contributed by atoms with Gasteiger partial charge < -0.3 is 10.6 Å². The average molecular weight is 287 g/mol. The van der Waals surface area contributed by atoms with Gasteiger partial charge in [-0.1, -0.05) is 12.1 Å². The third-order valence-electron chi connectivity index (χ3n) is 2.81. The first-order valence-corrected chi connectivity index (χ1v) is 6.31. The highest BCUT2D eigenvalue weighted by atomic mass is 19.1. The van der Waals surface area contributed by atoms with Crippen molar-refractivity contribution in [3.8, 4) is 0 Å². The SMILES string of the molecule is Cc1ccc(F)cc1NC(=O)C(=O)NCc1ccccn1. The zero-order valence-electron chi connectivity index (χ0n) is 11.4. The van der Waals surface area contributed by atoms with Gasteiger partial charge in [-0.15, -0.1) is 0 Å². The van der Waals surface area contributed by atoms with E-state index in [0.29, 0.717) is 11.3 Å². The molecule has 1 aromatic carbocycles. The van der Waals surface area contributed by atoms with Gasteiger partial charge in [0.05, 0.1) is 12.2 Å². The van der Waals surface area contributed by atoms with E-state index < -0.39 is 17.6 Å². The van der Waals surface area contributed by atoms with Crippen molar-refractivity contribution in [1.82, 2.24) is 10.3 Å². The molecule has 0 aliphatic rings. The Morgan fingerprint density at radius 3 is 2.71 bits per heavy atom. The van der Waals surface area contributed by atoms with Crippen LogP contribution in [-0.4, -0.2) is 16.8 Å². The second kappa shape index (κ2) is 6.60. The number of hydrogen-bond donors (Lipinski definition) is 2. The maximum absolute atomic E-state index is 13.1.